The molecule has 1 aliphatic heterocycles. The van der Waals surface area contributed by atoms with Gasteiger partial charge in [-0.05, 0) is 62.2 Å². The predicted octanol–water partition coefficient (Wildman–Crippen LogP) is 5.82. The number of anilines is 1. The van der Waals surface area contributed by atoms with Crippen molar-refractivity contribution in [3.05, 3.63) is 101 Å². The van der Waals surface area contributed by atoms with Gasteiger partial charge in [-0.2, -0.15) is 0 Å². The fourth-order valence-electron chi connectivity index (χ4n) is 4.91. The van der Waals surface area contributed by atoms with E-state index < -0.39 is 17.7 Å². The fourth-order valence-corrected chi connectivity index (χ4v) is 4.91. The molecule has 6 heteroatoms. The number of aryl methyl sites for hydroxylation is 3. The lowest BCUT2D eigenvalue weighted by Gasteiger charge is -2.25. The van der Waals surface area contributed by atoms with Gasteiger partial charge in [-0.3, -0.25) is 14.5 Å². The van der Waals surface area contributed by atoms with Crippen LogP contribution in [-0.4, -0.2) is 28.0 Å². The van der Waals surface area contributed by atoms with Gasteiger partial charge in [-0.25, -0.2) is 0 Å². The van der Waals surface area contributed by atoms with Crippen LogP contribution in [0, 0.1) is 13.8 Å². The van der Waals surface area contributed by atoms with Crippen LogP contribution in [-0.2, 0) is 16.6 Å². The second-order valence-electron chi connectivity index (χ2n) is 9.11. The van der Waals surface area contributed by atoms with E-state index in [9.17, 15) is 14.7 Å². The zero-order valence-corrected chi connectivity index (χ0v) is 20.8. The number of Topliss-reactive ketones (excluding diaryl/α,β-unsaturated/α-hetero) is 1. The number of ether oxygens (including phenoxy) is 1. The van der Waals surface area contributed by atoms with Crippen molar-refractivity contribution in [3.63, 3.8) is 0 Å². The summed E-state index contributed by atoms with van der Waals surface area (Å²) in [6.45, 7) is 6.32. The minimum absolute atomic E-state index is 0.0585. The van der Waals surface area contributed by atoms with Gasteiger partial charge in [0.1, 0.15) is 11.5 Å². The van der Waals surface area contributed by atoms with Crippen LogP contribution in [0.1, 0.15) is 35.2 Å². The van der Waals surface area contributed by atoms with Crippen LogP contribution >= 0.6 is 0 Å². The number of fused-ring (bicyclic) bond motifs is 1. The molecule has 182 valence electrons. The average molecular weight is 481 g/mol. The predicted molar refractivity (Wildman–Crippen MR) is 141 cm³/mol. The number of ketones is 1. The molecule has 36 heavy (non-hydrogen) atoms. The Balaban J connectivity index is 1.78. The molecule has 0 spiro atoms. The number of rotatable bonds is 5. The van der Waals surface area contributed by atoms with Crippen LogP contribution in [0.15, 0.2) is 78.5 Å². The van der Waals surface area contributed by atoms with Crippen molar-refractivity contribution < 1.29 is 19.4 Å². The zero-order chi connectivity index (χ0) is 25.6. The van der Waals surface area contributed by atoms with Gasteiger partial charge in [-0.1, -0.05) is 36.4 Å². The van der Waals surface area contributed by atoms with Gasteiger partial charge in [-0.15, -0.1) is 0 Å². The standard InChI is InChI=1S/C30H28N2O4/c1-5-36-22-10-8-9-20(16-22)28(33)26-27(24-17-31(4)25-12-7-6-11-23(24)25)32(30(35)29(26)34)21-14-13-18(2)19(3)15-21/h6-17,27,33H,5H2,1-4H3/b28-26+. The van der Waals surface area contributed by atoms with Crippen molar-refractivity contribution in [2.75, 3.05) is 11.5 Å². The van der Waals surface area contributed by atoms with Crippen LogP contribution in [0.25, 0.3) is 16.7 Å². The summed E-state index contributed by atoms with van der Waals surface area (Å²) in [5.74, 6) is -1.03. The molecule has 1 N–H and O–H groups in total. The molecule has 1 atom stereocenters. The number of hydrogen-bond donors (Lipinski definition) is 1. The Morgan fingerprint density at radius 3 is 2.50 bits per heavy atom. The maximum Gasteiger partial charge on any atom is 0.300 e. The molecule has 6 nitrogen and oxygen atoms in total. The highest BCUT2D eigenvalue weighted by atomic mass is 16.5. The zero-order valence-electron chi connectivity index (χ0n) is 20.8. The lowest BCUT2D eigenvalue weighted by molar-refractivity contribution is -0.132. The number of aliphatic hydroxyl groups excluding tert-OH is 1. The molecule has 4 aromatic rings. The van der Waals surface area contributed by atoms with Gasteiger partial charge >= 0.3 is 0 Å². The van der Waals surface area contributed by atoms with Gasteiger partial charge in [0.2, 0.25) is 0 Å². The number of nitrogens with zero attached hydrogens (tertiary/aromatic N) is 2. The van der Waals surface area contributed by atoms with E-state index in [1.807, 2.05) is 81.0 Å². The molecule has 1 aliphatic rings. The minimum Gasteiger partial charge on any atom is -0.507 e. The highest BCUT2D eigenvalue weighted by Gasteiger charge is 2.48. The third-order valence-corrected chi connectivity index (χ3v) is 6.85. The van der Waals surface area contributed by atoms with E-state index in [2.05, 4.69) is 0 Å². The van der Waals surface area contributed by atoms with Crippen molar-refractivity contribution >= 4 is 34.0 Å². The Morgan fingerprint density at radius 1 is 0.972 bits per heavy atom. The quantitative estimate of drug-likeness (QED) is 0.222. The smallest absolute Gasteiger partial charge is 0.300 e. The van der Waals surface area contributed by atoms with E-state index in [-0.39, 0.29) is 11.3 Å². The average Bonchev–Trinajstić information content (AvgIpc) is 3.34. The summed E-state index contributed by atoms with van der Waals surface area (Å²) >= 11 is 0. The number of para-hydroxylation sites is 1. The van der Waals surface area contributed by atoms with Crippen molar-refractivity contribution in [3.8, 4) is 5.75 Å². The number of amides is 1. The molecule has 2 heterocycles. The Hall–Kier alpha value is -4.32. The first-order valence-electron chi connectivity index (χ1n) is 12.0. The highest BCUT2D eigenvalue weighted by Crippen LogP contribution is 2.45. The Labute approximate surface area is 210 Å². The highest BCUT2D eigenvalue weighted by molar-refractivity contribution is 6.52. The summed E-state index contributed by atoms with van der Waals surface area (Å²) < 4.78 is 7.57. The van der Waals surface area contributed by atoms with E-state index in [0.29, 0.717) is 23.6 Å². The van der Waals surface area contributed by atoms with E-state index in [4.69, 9.17) is 4.74 Å². The number of benzene rings is 3. The van der Waals surface area contributed by atoms with Crippen molar-refractivity contribution in [1.29, 1.82) is 0 Å². The molecular weight excluding hydrogens is 452 g/mol. The van der Waals surface area contributed by atoms with Crippen molar-refractivity contribution in [2.45, 2.75) is 26.8 Å². The first kappa shape index (κ1) is 23.4. The third kappa shape index (κ3) is 3.75. The summed E-state index contributed by atoms with van der Waals surface area (Å²) in [5, 5.41) is 12.4. The third-order valence-electron chi connectivity index (χ3n) is 6.85. The molecule has 0 aliphatic carbocycles. The molecule has 5 rings (SSSR count). The molecular formula is C30H28N2O4. The molecule has 0 saturated carbocycles. The van der Waals surface area contributed by atoms with Crippen molar-refractivity contribution in [2.24, 2.45) is 7.05 Å². The fraction of sp³-hybridized carbons (Fsp3) is 0.200. The first-order valence-corrected chi connectivity index (χ1v) is 12.0. The van der Waals surface area contributed by atoms with Gasteiger partial charge < -0.3 is 14.4 Å². The summed E-state index contributed by atoms with van der Waals surface area (Å²) in [6, 6.07) is 19.7. The molecule has 3 aromatic carbocycles. The van der Waals surface area contributed by atoms with Crippen LogP contribution in [0.5, 0.6) is 5.75 Å². The second kappa shape index (κ2) is 9.04. The number of aliphatic hydroxyl groups is 1. The summed E-state index contributed by atoms with van der Waals surface area (Å²) in [5.41, 5.74) is 4.93. The number of hydrogen-bond acceptors (Lipinski definition) is 4. The summed E-state index contributed by atoms with van der Waals surface area (Å²) in [7, 11) is 1.93. The molecule has 1 saturated heterocycles. The van der Waals surface area contributed by atoms with Gasteiger partial charge in [0.15, 0.2) is 0 Å². The van der Waals surface area contributed by atoms with Gasteiger partial charge in [0.05, 0.1) is 18.2 Å². The van der Waals surface area contributed by atoms with E-state index in [1.54, 1.807) is 24.3 Å². The normalized spacial score (nSPS) is 17.2. The molecule has 0 radical (unpaired) electrons. The van der Waals surface area contributed by atoms with Gasteiger partial charge in [0.25, 0.3) is 11.7 Å². The van der Waals surface area contributed by atoms with Crippen LogP contribution in [0.4, 0.5) is 5.69 Å². The topological polar surface area (TPSA) is 71.8 Å². The summed E-state index contributed by atoms with van der Waals surface area (Å²) in [4.78, 5) is 28.6. The molecule has 1 amide bonds. The SMILES string of the molecule is CCOc1cccc(/C(O)=C2\C(=O)C(=O)N(c3ccc(C)c(C)c3)C2c2cn(C)c3ccccc23)c1. The number of carbonyl (C=O) groups is 2. The molecule has 1 aromatic heterocycles. The Kier molecular flexibility index (Phi) is 5.88. The molecule has 1 fully saturated rings. The first-order chi connectivity index (χ1) is 17.3. The second-order valence-corrected chi connectivity index (χ2v) is 9.11. The largest absolute Gasteiger partial charge is 0.507 e. The van der Waals surface area contributed by atoms with Crippen LogP contribution in [0.3, 0.4) is 0 Å². The number of carbonyl (C=O) groups excluding carboxylic acids is 2. The van der Waals surface area contributed by atoms with Gasteiger partial charge in [0, 0.05) is 41.0 Å². The monoisotopic (exact) mass is 480 g/mol. The van der Waals surface area contributed by atoms with Crippen LogP contribution < -0.4 is 9.64 Å². The Morgan fingerprint density at radius 2 is 1.75 bits per heavy atom. The maximum atomic E-state index is 13.5. The lowest BCUT2D eigenvalue weighted by Crippen LogP contribution is -2.29. The molecule has 1 unspecified atom stereocenters. The van der Waals surface area contributed by atoms with Crippen LogP contribution in [0.2, 0.25) is 0 Å². The summed E-state index contributed by atoms with van der Waals surface area (Å²) in [6.07, 6.45) is 1.93. The lowest BCUT2D eigenvalue weighted by atomic mass is 9.94. The maximum absolute atomic E-state index is 13.5. The Bertz CT molecular complexity index is 1550. The van der Waals surface area contributed by atoms with Crippen molar-refractivity contribution in [1.82, 2.24) is 4.57 Å². The van der Waals surface area contributed by atoms with E-state index >= 15 is 0 Å². The minimum atomic E-state index is -0.797. The van der Waals surface area contributed by atoms with E-state index in [0.717, 1.165) is 27.6 Å². The molecule has 0 bridgehead atoms. The van der Waals surface area contributed by atoms with E-state index in [1.165, 1.54) is 4.90 Å². The number of aromatic nitrogens is 1.